The number of nitrogens with zero attached hydrogens (tertiary/aromatic N) is 1. The zero-order valence-corrected chi connectivity index (χ0v) is 34.8. The highest BCUT2D eigenvalue weighted by atomic mass is 28.3. The Kier molecular flexibility index (Phi) is 8.51. The SMILES string of the molecule is c1ccc(-c2ccc3c(c2)oc2ccc(N(c4ccc(-c5ccc([Si]6(c7ccccc7)c7ccccc7Oc7ccccc76)cc5)cc4)c4cccc5ccccc45)cc23)cc1. The molecule has 0 bridgehead atoms. The van der Waals surface area contributed by atoms with Gasteiger partial charge in [0.2, 0.25) is 0 Å². The highest BCUT2D eigenvalue weighted by molar-refractivity contribution is 7.20. The molecule has 0 fully saturated rings. The van der Waals surface area contributed by atoms with Crippen LogP contribution in [0.15, 0.2) is 241 Å². The average Bonchev–Trinajstić information content (AvgIpc) is 3.72. The molecule has 10 aromatic carbocycles. The maximum Gasteiger partial charge on any atom is 0.188 e. The molecule has 11 aromatic rings. The van der Waals surface area contributed by atoms with E-state index in [2.05, 4.69) is 235 Å². The van der Waals surface area contributed by atoms with E-state index in [-0.39, 0.29) is 0 Å². The van der Waals surface area contributed by atoms with E-state index in [0.717, 1.165) is 61.6 Å². The van der Waals surface area contributed by atoms with Gasteiger partial charge in [-0.05, 0) is 109 Å². The van der Waals surface area contributed by atoms with Crippen molar-refractivity contribution in [2.24, 2.45) is 0 Å². The molecule has 0 atom stereocenters. The van der Waals surface area contributed by atoms with Gasteiger partial charge >= 0.3 is 0 Å². The second-order valence-corrected chi connectivity index (χ2v) is 19.8. The Labute approximate surface area is 361 Å². The molecule has 0 spiro atoms. The normalized spacial score (nSPS) is 12.8. The summed E-state index contributed by atoms with van der Waals surface area (Å²) in [5, 5.41) is 9.78. The van der Waals surface area contributed by atoms with Crippen LogP contribution in [0.1, 0.15) is 0 Å². The molecule has 0 saturated carbocycles. The molecule has 0 radical (unpaired) electrons. The first-order valence-corrected chi connectivity index (χ1v) is 23.2. The molecule has 12 rings (SSSR count). The summed E-state index contributed by atoms with van der Waals surface area (Å²) in [5.74, 6) is 1.88. The van der Waals surface area contributed by atoms with Crippen LogP contribution in [-0.2, 0) is 0 Å². The fourth-order valence-corrected chi connectivity index (χ4v) is 14.7. The van der Waals surface area contributed by atoms with Crippen molar-refractivity contribution in [3.05, 3.63) is 237 Å². The highest BCUT2D eigenvalue weighted by Crippen LogP contribution is 2.42. The van der Waals surface area contributed by atoms with E-state index in [9.17, 15) is 0 Å². The van der Waals surface area contributed by atoms with E-state index in [1.54, 1.807) is 0 Å². The maximum absolute atomic E-state index is 6.57. The van der Waals surface area contributed by atoms with E-state index in [0.29, 0.717) is 0 Å². The minimum Gasteiger partial charge on any atom is -0.458 e. The summed E-state index contributed by atoms with van der Waals surface area (Å²) in [6, 6.07) is 85.3. The lowest BCUT2D eigenvalue weighted by Gasteiger charge is -2.39. The third-order valence-corrected chi connectivity index (χ3v) is 17.5. The molecule has 1 aliphatic heterocycles. The third kappa shape index (κ3) is 5.80. The van der Waals surface area contributed by atoms with Crippen LogP contribution >= 0.6 is 0 Å². The molecule has 0 aliphatic carbocycles. The zero-order chi connectivity index (χ0) is 41.0. The summed E-state index contributed by atoms with van der Waals surface area (Å²) in [4.78, 5) is 2.38. The Bertz CT molecular complexity index is 3380. The van der Waals surface area contributed by atoms with Crippen LogP contribution < -0.4 is 30.4 Å². The maximum atomic E-state index is 6.57. The van der Waals surface area contributed by atoms with Crippen LogP contribution in [0.3, 0.4) is 0 Å². The first kappa shape index (κ1) is 36.0. The molecule has 0 saturated heterocycles. The topological polar surface area (TPSA) is 25.6 Å². The summed E-state index contributed by atoms with van der Waals surface area (Å²) in [7, 11) is -2.71. The van der Waals surface area contributed by atoms with E-state index in [1.165, 1.54) is 42.6 Å². The summed E-state index contributed by atoms with van der Waals surface area (Å²) in [6.45, 7) is 0. The van der Waals surface area contributed by atoms with Gasteiger partial charge in [-0.3, -0.25) is 0 Å². The molecule has 0 N–H and O–H groups in total. The average molecular weight is 810 g/mol. The fourth-order valence-electron chi connectivity index (χ4n) is 9.73. The van der Waals surface area contributed by atoms with Gasteiger partial charge < -0.3 is 14.1 Å². The van der Waals surface area contributed by atoms with Crippen molar-refractivity contribution >= 4 is 78.6 Å². The van der Waals surface area contributed by atoms with Crippen LogP contribution in [-0.4, -0.2) is 8.07 Å². The summed E-state index contributed by atoms with van der Waals surface area (Å²) in [5.41, 5.74) is 9.65. The van der Waals surface area contributed by atoms with Crippen molar-refractivity contribution in [3.63, 3.8) is 0 Å². The van der Waals surface area contributed by atoms with Gasteiger partial charge in [0.1, 0.15) is 22.7 Å². The lowest BCUT2D eigenvalue weighted by molar-refractivity contribution is 0.487. The minimum atomic E-state index is -2.71. The monoisotopic (exact) mass is 809 g/mol. The van der Waals surface area contributed by atoms with Gasteiger partial charge in [0.05, 0.1) is 5.69 Å². The molecule has 0 unspecified atom stereocenters. The van der Waals surface area contributed by atoms with Crippen molar-refractivity contribution in [1.82, 2.24) is 0 Å². The predicted octanol–water partition coefficient (Wildman–Crippen LogP) is 13.0. The van der Waals surface area contributed by atoms with Crippen LogP contribution in [0.5, 0.6) is 11.5 Å². The van der Waals surface area contributed by atoms with Gasteiger partial charge in [0.25, 0.3) is 0 Å². The largest absolute Gasteiger partial charge is 0.458 e. The number of para-hydroxylation sites is 2. The molecule has 292 valence electrons. The standard InChI is InChI=1S/C58H39NO2Si/c1-3-14-40(15-4-1)44-30-36-50-51-39-46(33-37-53(51)60-56(50)38-44)59(52-21-13-17-43-16-7-8-20-49(43)52)45-31-26-41(27-32-45)42-28-34-48(35-29-42)62(47-18-5-2-6-19-47)57-24-11-9-22-54(57)61-55-23-10-12-25-58(55)62/h1-39H. The van der Waals surface area contributed by atoms with E-state index in [1.807, 2.05) is 6.07 Å². The number of fused-ring (bicyclic) bond motifs is 6. The van der Waals surface area contributed by atoms with Gasteiger partial charge in [0.15, 0.2) is 8.07 Å². The molecule has 62 heavy (non-hydrogen) atoms. The first-order chi connectivity index (χ1) is 30.7. The number of hydrogen-bond acceptors (Lipinski definition) is 3. The van der Waals surface area contributed by atoms with Crippen molar-refractivity contribution in [2.45, 2.75) is 0 Å². The number of ether oxygens (including phenoxy) is 1. The lowest BCUT2D eigenvalue weighted by Crippen LogP contribution is -2.76. The molecule has 2 heterocycles. The summed E-state index contributed by atoms with van der Waals surface area (Å²) < 4.78 is 13.1. The van der Waals surface area contributed by atoms with Crippen LogP contribution in [0.4, 0.5) is 17.1 Å². The van der Waals surface area contributed by atoms with Crippen molar-refractivity contribution in [3.8, 4) is 33.8 Å². The van der Waals surface area contributed by atoms with E-state index in [4.69, 9.17) is 9.15 Å². The Hall–Kier alpha value is -7.92. The summed E-state index contributed by atoms with van der Waals surface area (Å²) >= 11 is 0. The second-order valence-electron chi connectivity index (χ2n) is 16.0. The number of furan rings is 1. The molecule has 1 aliphatic rings. The number of benzene rings is 10. The van der Waals surface area contributed by atoms with E-state index >= 15 is 0 Å². The number of anilines is 3. The van der Waals surface area contributed by atoms with Gasteiger partial charge in [-0.25, -0.2) is 0 Å². The smallest absolute Gasteiger partial charge is 0.188 e. The summed E-state index contributed by atoms with van der Waals surface area (Å²) in [6.07, 6.45) is 0. The number of rotatable bonds is 7. The molecular weight excluding hydrogens is 771 g/mol. The highest BCUT2D eigenvalue weighted by Gasteiger charge is 2.47. The fraction of sp³-hybridized carbons (Fsp3) is 0. The quantitative estimate of drug-likeness (QED) is 0.150. The van der Waals surface area contributed by atoms with E-state index < -0.39 is 8.07 Å². The molecule has 0 amide bonds. The predicted molar refractivity (Wildman–Crippen MR) is 260 cm³/mol. The number of hydrogen-bond donors (Lipinski definition) is 0. The first-order valence-electron chi connectivity index (χ1n) is 21.2. The Morgan fingerprint density at radius 3 is 1.65 bits per heavy atom. The molecule has 3 nitrogen and oxygen atoms in total. The minimum absolute atomic E-state index is 0.871. The molecule has 4 heteroatoms. The van der Waals surface area contributed by atoms with Crippen molar-refractivity contribution in [2.75, 3.05) is 4.90 Å². The lowest BCUT2D eigenvalue weighted by atomic mass is 10.0. The molecule has 1 aromatic heterocycles. The van der Waals surface area contributed by atoms with Gasteiger partial charge in [-0.15, -0.1) is 0 Å². The Morgan fingerprint density at radius 2 is 0.903 bits per heavy atom. The van der Waals surface area contributed by atoms with Crippen LogP contribution in [0.2, 0.25) is 0 Å². The Balaban J connectivity index is 0.953. The molecular formula is C58H39NO2Si. The van der Waals surface area contributed by atoms with Crippen molar-refractivity contribution in [1.29, 1.82) is 0 Å². The third-order valence-electron chi connectivity index (χ3n) is 12.6. The van der Waals surface area contributed by atoms with Gasteiger partial charge in [-0.1, -0.05) is 176 Å². The van der Waals surface area contributed by atoms with Crippen LogP contribution in [0, 0.1) is 0 Å². The van der Waals surface area contributed by atoms with Gasteiger partial charge in [-0.2, -0.15) is 0 Å². The van der Waals surface area contributed by atoms with Crippen LogP contribution in [0.25, 0.3) is 55.0 Å². The second kappa shape index (κ2) is 14.7. The van der Waals surface area contributed by atoms with Gasteiger partial charge in [0, 0.05) is 27.5 Å². The zero-order valence-electron chi connectivity index (χ0n) is 33.8. The van der Waals surface area contributed by atoms with Crippen molar-refractivity contribution < 1.29 is 9.15 Å². The Morgan fingerprint density at radius 1 is 0.339 bits per heavy atom.